The van der Waals surface area contributed by atoms with Crippen LogP contribution in [0.25, 0.3) is 6.08 Å². The molecule has 0 saturated carbocycles. The van der Waals surface area contributed by atoms with Crippen molar-refractivity contribution in [2.45, 2.75) is 51.7 Å². The van der Waals surface area contributed by atoms with Crippen molar-refractivity contribution in [3.63, 3.8) is 0 Å². The van der Waals surface area contributed by atoms with Gasteiger partial charge in [-0.3, -0.25) is 4.90 Å². The minimum Gasteiger partial charge on any atom is -0.377 e. The predicted molar refractivity (Wildman–Crippen MR) is 115 cm³/mol. The number of nitrogens with zero attached hydrogens (tertiary/aromatic N) is 1. The molecule has 1 aliphatic rings. The van der Waals surface area contributed by atoms with Crippen molar-refractivity contribution in [3.05, 3.63) is 77.4 Å². The Bertz CT molecular complexity index is 706. The van der Waals surface area contributed by atoms with Crippen molar-refractivity contribution in [1.29, 1.82) is 0 Å². The van der Waals surface area contributed by atoms with Gasteiger partial charge in [0.05, 0.1) is 6.10 Å². The monoisotopic (exact) mass is 363 g/mol. The molecular weight excluding hydrogens is 330 g/mol. The van der Waals surface area contributed by atoms with Crippen molar-refractivity contribution in [2.75, 3.05) is 19.7 Å². The molecule has 0 spiro atoms. The van der Waals surface area contributed by atoms with Crippen LogP contribution in [0.3, 0.4) is 0 Å². The first-order valence-corrected chi connectivity index (χ1v) is 10.2. The lowest BCUT2D eigenvalue weighted by Crippen LogP contribution is -2.32. The van der Waals surface area contributed by atoms with Gasteiger partial charge in [0.2, 0.25) is 0 Å². The molecule has 0 bridgehead atoms. The molecule has 0 aromatic heterocycles. The molecule has 0 radical (unpaired) electrons. The fourth-order valence-electron chi connectivity index (χ4n) is 3.55. The highest BCUT2D eigenvalue weighted by Crippen LogP contribution is 2.23. The first-order chi connectivity index (χ1) is 13.0. The molecule has 1 heterocycles. The predicted octanol–water partition coefficient (Wildman–Crippen LogP) is 5.68. The summed E-state index contributed by atoms with van der Waals surface area (Å²) in [4.78, 5) is 2.50. The van der Waals surface area contributed by atoms with E-state index in [2.05, 4.69) is 92.4 Å². The molecule has 2 aromatic rings. The highest BCUT2D eigenvalue weighted by atomic mass is 16.5. The van der Waals surface area contributed by atoms with E-state index in [4.69, 9.17) is 4.74 Å². The van der Waals surface area contributed by atoms with E-state index in [1.54, 1.807) is 0 Å². The average Bonchev–Trinajstić information content (AvgIpc) is 3.15. The van der Waals surface area contributed by atoms with Crippen molar-refractivity contribution in [3.8, 4) is 0 Å². The third-order valence-corrected chi connectivity index (χ3v) is 5.19. The lowest BCUT2D eigenvalue weighted by Gasteiger charge is -2.25. The Morgan fingerprint density at radius 1 is 1.04 bits per heavy atom. The summed E-state index contributed by atoms with van der Waals surface area (Å²) in [5.41, 5.74) is 4.22. The number of rotatable bonds is 7. The van der Waals surface area contributed by atoms with Crippen LogP contribution >= 0.6 is 0 Å². The molecule has 0 aliphatic carbocycles. The van der Waals surface area contributed by atoms with E-state index in [0.29, 0.717) is 6.10 Å². The molecule has 0 amide bonds. The van der Waals surface area contributed by atoms with Gasteiger partial charge < -0.3 is 4.74 Å². The Morgan fingerprint density at radius 3 is 2.41 bits per heavy atom. The lowest BCUT2D eigenvalue weighted by atomic mass is 9.87. The molecule has 1 aliphatic heterocycles. The van der Waals surface area contributed by atoms with Gasteiger partial charge >= 0.3 is 0 Å². The molecule has 2 heteroatoms. The van der Waals surface area contributed by atoms with Gasteiger partial charge in [0.25, 0.3) is 0 Å². The molecule has 1 unspecified atom stereocenters. The van der Waals surface area contributed by atoms with Crippen LogP contribution in [0.2, 0.25) is 0 Å². The van der Waals surface area contributed by atoms with Crippen LogP contribution in [0.1, 0.15) is 50.3 Å². The summed E-state index contributed by atoms with van der Waals surface area (Å²) in [6, 6.07) is 19.6. The molecule has 1 saturated heterocycles. The van der Waals surface area contributed by atoms with Crippen LogP contribution in [0, 0.1) is 0 Å². The van der Waals surface area contributed by atoms with Gasteiger partial charge in [-0.2, -0.15) is 0 Å². The Kier molecular flexibility index (Phi) is 6.87. The molecular formula is C25H33NO. The van der Waals surface area contributed by atoms with Crippen molar-refractivity contribution < 1.29 is 4.74 Å². The molecule has 144 valence electrons. The summed E-state index contributed by atoms with van der Waals surface area (Å²) >= 11 is 0. The van der Waals surface area contributed by atoms with E-state index < -0.39 is 0 Å². The van der Waals surface area contributed by atoms with Crippen LogP contribution in [-0.4, -0.2) is 30.7 Å². The molecule has 27 heavy (non-hydrogen) atoms. The van der Waals surface area contributed by atoms with E-state index in [1.165, 1.54) is 29.5 Å². The third-order valence-electron chi connectivity index (χ3n) is 5.19. The number of hydrogen-bond donors (Lipinski definition) is 0. The van der Waals surface area contributed by atoms with Crippen molar-refractivity contribution in [1.82, 2.24) is 4.90 Å². The van der Waals surface area contributed by atoms with Crippen LogP contribution in [0.15, 0.2) is 60.7 Å². The third kappa shape index (κ3) is 6.34. The van der Waals surface area contributed by atoms with Crippen LogP contribution in [-0.2, 0) is 16.7 Å². The summed E-state index contributed by atoms with van der Waals surface area (Å²) in [5.74, 6) is 0. The second-order valence-electron chi connectivity index (χ2n) is 8.59. The number of benzene rings is 2. The Hall–Kier alpha value is -1.90. The smallest absolute Gasteiger partial charge is 0.0703 e. The van der Waals surface area contributed by atoms with Gasteiger partial charge in [-0.1, -0.05) is 87.5 Å². The standard InChI is InChI=1S/C25H33NO/c1-25(2,3)23-15-13-22(14-16-23)19-26(20-24-12-8-18-27-24)17-7-11-21-9-5-4-6-10-21/h4-7,9-11,13-16,24H,8,12,17-20H2,1-3H3. The van der Waals surface area contributed by atoms with Gasteiger partial charge in [0, 0.05) is 26.2 Å². The second-order valence-corrected chi connectivity index (χ2v) is 8.59. The quantitative estimate of drug-likeness (QED) is 0.627. The Balaban J connectivity index is 1.64. The topological polar surface area (TPSA) is 12.5 Å². The summed E-state index contributed by atoms with van der Waals surface area (Å²) in [7, 11) is 0. The second kappa shape index (κ2) is 9.34. The van der Waals surface area contributed by atoms with E-state index in [1.807, 2.05) is 0 Å². The van der Waals surface area contributed by atoms with Crippen LogP contribution < -0.4 is 0 Å². The number of hydrogen-bond acceptors (Lipinski definition) is 2. The zero-order valence-corrected chi connectivity index (χ0v) is 17.0. The first kappa shape index (κ1) is 19.9. The zero-order valence-electron chi connectivity index (χ0n) is 17.0. The SMILES string of the molecule is CC(C)(C)c1ccc(CN(CC=Cc2ccccc2)CC2CCCO2)cc1. The fourth-order valence-corrected chi connectivity index (χ4v) is 3.55. The van der Waals surface area contributed by atoms with Gasteiger partial charge in [0.15, 0.2) is 0 Å². The summed E-state index contributed by atoms with van der Waals surface area (Å²) in [5, 5.41) is 0. The van der Waals surface area contributed by atoms with Gasteiger partial charge in [0.1, 0.15) is 0 Å². The van der Waals surface area contributed by atoms with Crippen LogP contribution in [0.4, 0.5) is 0 Å². The fraction of sp³-hybridized carbons (Fsp3) is 0.440. The summed E-state index contributed by atoms with van der Waals surface area (Å²) in [6.45, 7) is 10.6. The van der Waals surface area contributed by atoms with E-state index in [9.17, 15) is 0 Å². The number of ether oxygens (including phenoxy) is 1. The van der Waals surface area contributed by atoms with E-state index in [-0.39, 0.29) is 5.41 Å². The highest BCUT2D eigenvalue weighted by molar-refractivity contribution is 5.48. The van der Waals surface area contributed by atoms with Crippen molar-refractivity contribution in [2.24, 2.45) is 0 Å². The van der Waals surface area contributed by atoms with Gasteiger partial charge in [-0.25, -0.2) is 0 Å². The zero-order chi connectivity index (χ0) is 19.1. The summed E-state index contributed by atoms with van der Waals surface area (Å²) < 4.78 is 5.88. The maximum atomic E-state index is 5.88. The summed E-state index contributed by atoms with van der Waals surface area (Å²) in [6.07, 6.45) is 7.24. The maximum Gasteiger partial charge on any atom is 0.0703 e. The normalized spacial score (nSPS) is 17.9. The highest BCUT2D eigenvalue weighted by Gasteiger charge is 2.19. The molecule has 0 N–H and O–H groups in total. The van der Waals surface area contributed by atoms with Gasteiger partial charge in [-0.05, 0) is 34.9 Å². The van der Waals surface area contributed by atoms with Crippen LogP contribution in [0.5, 0.6) is 0 Å². The molecule has 2 aromatic carbocycles. The molecule has 2 nitrogen and oxygen atoms in total. The molecule has 1 fully saturated rings. The average molecular weight is 364 g/mol. The van der Waals surface area contributed by atoms with Gasteiger partial charge in [-0.15, -0.1) is 0 Å². The molecule has 3 rings (SSSR count). The lowest BCUT2D eigenvalue weighted by molar-refractivity contribution is 0.0747. The van der Waals surface area contributed by atoms with E-state index >= 15 is 0 Å². The largest absolute Gasteiger partial charge is 0.377 e. The van der Waals surface area contributed by atoms with E-state index in [0.717, 1.165) is 26.2 Å². The minimum atomic E-state index is 0.203. The Labute approximate surface area is 164 Å². The molecule has 1 atom stereocenters. The Morgan fingerprint density at radius 2 is 1.78 bits per heavy atom. The first-order valence-electron chi connectivity index (χ1n) is 10.2. The maximum absolute atomic E-state index is 5.88. The van der Waals surface area contributed by atoms with Crippen molar-refractivity contribution >= 4 is 6.08 Å². The minimum absolute atomic E-state index is 0.203.